The number of likely N-dealkylation sites (N-methyl/N-ethyl adjacent to an activating group) is 1. The van der Waals surface area contributed by atoms with Crippen LogP contribution in [0.15, 0.2) is 35.4 Å². The minimum atomic E-state index is -0.385. The van der Waals surface area contributed by atoms with Crippen LogP contribution in [-0.4, -0.2) is 68.8 Å². The summed E-state index contributed by atoms with van der Waals surface area (Å²) in [7, 11) is 2.16. The number of thioether (sulfide) groups is 1. The molecule has 10 heteroatoms. The maximum atomic E-state index is 11.8. The monoisotopic (exact) mass is 440 g/mol. The highest BCUT2D eigenvalue weighted by Crippen LogP contribution is 2.30. The maximum absolute atomic E-state index is 11.8. The molecule has 0 unspecified atom stereocenters. The fourth-order valence-electron chi connectivity index (χ4n) is 3.51. The summed E-state index contributed by atoms with van der Waals surface area (Å²) in [5.41, 5.74) is 2.25. The van der Waals surface area contributed by atoms with Gasteiger partial charge in [-0.1, -0.05) is 0 Å². The van der Waals surface area contributed by atoms with Crippen LogP contribution in [0, 0.1) is 0 Å². The molecule has 5 heterocycles. The van der Waals surface area contributed by atoms with Gasteiger partial charge in [0.1, 0.15) is 5.69 Å². The van der Waals surface area contributed by atoms with E-state index in [-0.39, 0.29) is 11.1 Å². The van der Waals surface area contributed by atoms with Crippen molar-refractivity contribution < 1.29 is 9.59 Å². The number of imidazole rings is 1. The first-order valence-corrected chi connectivity index (χ1v) is 11.3. The number of imide groups is 1. The molecular weight excluding hydrogens is 420 g/mol. The zero-order valence-corrected chi connectivity index (χ0v) is 18.0. The van der Waals surface area contributed by atoms with Gasteiger partial charge in [0, 0.05) is 37.6 Å². The van der Waals surface area contributed by atoms with Crippen molar-refractivity contribution in [2.24, 2.45) is 0 Å². The van der Waals surface area contributed by atoms with Crippen molar-refractivity contribution in [2.45, 2.75) is 6.54 Å². The van der Waals surface area contributed by atoms with Crippen molar-refractivity contribution in [2.75, 3.05) is 33.2 Å². The second-order valence-electron chi connectivity index (χ2n) is 7.37. The summed E-state index contributed by atoms with van der Waals surface area (Å²) in [6.45, 7) is 5.35. The molecule has 2 aliphatic heterocycles. The Morgan fingerprint density at radius 2 is 1.97 bits per heavy atom. The summed E-state index contributed by atoms with van der Waals surface area (Å²) in [6.07, 6.45) is 3.45. The van der Waals surface area contributed by atoms with Crippen LogP contribution in [0.1, 0.15) is 10.6 Å². The first-order valence-electron chi connectivity index (χ1n) is 9.65. The van der Waals surface area contributed by atoms with Gasteiger partial charge in [-0.3, -0.25) is 19.8 Å². The molecule has 3 aromatic rings. The molecular formula is C20H20N6O2S2. The number of hydrogen-bond donors (Lipinski definition) is 1. The Bertz CT molecular complexity index is 1160. The Hall–Kier alpha value is -2.53. The van der Waals surface area contributed by atoms with E-state index in [1.807, 2.05) is 12.3 Å². The highest BCUT2D eigenvalue weighted by Gasteiger charge is 2.25. The molecule has 1 N–H and O–H groups in total. The standard InChI is InChI=1S/C20H20N6O2S2/c1-24-6-8-25(9-7-24)12-14-3-4-16(29-14)15-11-21-18-5-2-13(23-26(15)18)10-17-19(27)22-20(28)30-17/h2-5,10-11H,6-9,12H2,1H3,(H,22,27,28)/b17-10-. The first kappa shape index (κ1) is 19.4. The quantitative estimate of drug-likeness (QED) is 0.624. The molecule has 8 nitrogen and oxygen atoms in total. The lowest BCUT2D eigenvalue weighted by Gasteiger charge is -2.31. The van der Waals surface area contributed by atoms with Crippen molar-refractivity contribution in [3.63, 3.8) is 0 Å². The molecule has 2 aliphatic rings. The Morgan fingerprint density at radius 3 is 2.73 bits per heavy atom. The summed E-state index contributed by atoms with van der Waals surface area (Å²) < 4.78 is 1.79. The number of carbonyl (C=O) groups excluding carboxylic acids is 2. The van der Waals surface area contributed by atoms with Crippen molar-refractivity contribution >= 4 is 46.0 Å². The lowest BCUT2D eigenvalue weighted by Crippen LogP contribution is -2.43. The number of hydrogen-bond acceptors (Lipinski definition) is 8. The number of thiophene rings is 1. The van der Waals surface area contributed by atoms with Gasteiger partial charge in [-0.15, -0.1) is 11.3 Å². The maximum Gasteiger partial charge on any atom is 0.290 e. The average Bonchev–Trinajstić information content (AvgIpc) is 3.42. The third-order valence-corrected chi connectivity index (χ3v) is 7.10. The predicted octanol–water partition coefficient (Wildman–Crippen LogP) is 2.53. The number of nitrogens with one attached hydrogen (secondary N) is 1. The number of rotatable bonds is 4. The van der Waals surface area contributed by atoms with Crippen molar-refractivity contribution in [1.82, 2.24) is 29.7 Å². The van der Waals surface area contributed by atoms with Crippen LogP contribution in [-0.2, 0) is 11.3 Å². The zero-order valence-electron chi connectivity index (χ0n) is 16.4. The molecule has 154 valence electrons. The second kappa shape index (κ2) is 7.95. The third-order valence-electron chi connectivity index (χ3n) is 5.19. The van der Waals surface area contributed by atoms with E-state index in [4.69, 9.17) is 0 Å². The van der Waals surface area contributed by atoms with Gasteiger partial charge in [0.05, 0.1) is 21.7 Å². The van der Waals surface area contributed by atoms with E-state index >= 15 is 0 Å². The molecule has 30 heavy (non-hydrogen) atoms. The van der Waals surface area contributed by atoms with E-state index in [1.54, 1.807) is 28.0 Å². The van der Waals surface area contributed by atoms with E-state index in [9.17, 15) is 9.59 Å². The van der Waals surface area contributed by atoms with Gasteiger partial charge in [0.15, 0.2) is 5.65 Å². The SMILES string of the molecule is CN1CCN(Cc2ccc(-c3cnc4ccc(/C=C5\SC(=O)NC5=O)nn34)s2)CC1. The lowest BCUT2D eigenvalue weighted by molar-refractivity contribution is -0.115. The van der Waals surface area contributed by atoms with E-state index in [1.165, 1.54) is 4.88 Å². The first-order chi connectivity index (χ1) is 14.5. The van der Waals surface area contributed by atoms with Gasteiger partial charge in [0.25, 0.3) is 11.1 Å². The molecule has 3 aromatic heterocycles. The van der Waals surface area contributed by atoms with E-state index in [0.29, 0.717) is 10.6 Å². The van der Waals surface area contributed by atoms with Crippen molar-refractivity contribution in [3.05, 3.63) is 45.9 Å². The van der Waals surface area contributed by atoms with Crippen molar-refractivity contribution in [1.29, 1.82) is 0 Å². The topological polar surface area (TPSA) is 82.8 Å². The lowest BCUT2D eigenvalue weighted by atomic mass is 10.3. The molecule has 0 atom stereocenters. The van der Waals surface area contributed by atoms with Gasteiger partial charge in [-0.25, -0.2) is 9.50 Å². The number of carbonyl (C=O) groups is 2. The fraction of sp³-hybridized carbons (Fsp3) is 0.300. The van der Waals surface area contributed by atoms with E-state index in [0.717, 1.165) is 60.7 Å². The van der Waals surface area contributed by atoms with Crippen LogP contribution < -0.4 is 5.32 Å². The fourth-order valence-corrected chi connectivity index (χ4v) is 5.23. The Morgan fingerprint density at radius 1 is 1.13 bits per heavy atom. The largest absolute Gasteiger partial charge is 0.304 e. The van der Waals surface area contributed by atoms with Gasteiger partial charge in [-0.2, -0.15) is 5.10 Å². The van der Waals surface area contributed by atoms with Crippen LogP contribution in [0.2, 0.25) is 0 Å². The minimum Gasteiger partial charge on any atom is -0.304 e. The molecule has 2 saturated heterocycles. The van der Waals surface area contributed by atoms with Gasteiger partial charge < -0.3 is 4.90 Å². The minimum absolute atomic E-state index is 0.346. The smallest absolute Gasteiger partial charge is 0.290 e. The summed E-state index contributed by atoms with van der Waals surface area (Å²) in [6, 6.07) is 7.95. The molecule has 0 spiro atoms. The van der Waals surface area contributed by atoms with Gasteiger partial charge in [0.2, 0.25) is 0 Å². The normalized spacial score (nSPS) is 19.8. The number of amides is 2. The molecule has 0 bridgehead atoms. The highest BCUT2D eigenvalue weighted by atomic mass is 32.2. The van der Waals surface area contributed by atoms with Crippen LogP contribution in [0.3, 0.4) is 0 Å². The van der Waals surface area contributed by atoms with Gasteiger partial charge >= 0.3 is 0 Å². The Balaban J connectivity index is 1.40. The van der Waals surface area contributed by atoms with Crippen LogP contribution in [0.25, 0.3) is 22.3 Å². The summed E-state index contributed by atoms with van der Waals surface area (Å²) >= 11 is 2.64. The number of fused-ring (bicyclic) bond motifs is 1. The zero-order chi connectivity index (χ0) is 20.7. The summed E-state index contributed by atoms with van der Waals surface area (Å²) in [4.78, 5) is 35.3. The number of nitrogens with zero attached hydrogens (tertiary/aromatic N) is 5. The second-order valence-corrected chi connectivity index (χ2v) is 9.55. The van der Waals surface area contributed by atoms with Gasteiger partial charge in [-0.05, 0) is 49.2 Å². The predicted molar refractivity (Wildman–Crippen MR) is 118 cm³/mol. The highest BCUT2D eigenvalue weighted by molar-refractivity contribution is 8.18. The molecule has 5 rings (SSSR count). The third kappa shape index (κ3) is 3.91. The van der Waals surface area contributed by atoms with E-state index < -0.39 is 0 Å². The van der Waals surface area contributed by atoms with Crippen LogP contribution >= 0.6 is 23.1 Å². The van der Waals surface area contributed by atoms with Crippen LogP contribution in [0.4, 0.5) is 4.79 Å². The number of piperazine rings is 1. The summed E-state index contributed by atoms with van der Waals surface area (Å²) in [5.74, 6) is -0.385. The average molecular weight is 441 g/mol. The molecule has 0 radical (unpaired) electrons. The van der Waals surface area contributed by atoms with Crippen molar-refractivity contribution in [3.8, 4) is 10.6 Å². The Kier molecular flexibility index (Phi) is 5.15. The Labute approximate surface area is 181 Å². The van der Waals surface area contributed by atoms with E-state index in [2.05, 4.69) is 44.4 Å². The van der Waals surface area contributed by atoms with Crippen LogP contribution in [0.5, 0.6) is 0 Å². The molecule has 2 fully saturated rings. The summed E-state index contributed by atoms with van der Waals surface area (Å²) in [5, 5.41) is 6.53. The molecule has 0 aliphatic carbocycles. The molecule has 2 amide bonds. The molecule has 0 saturated carbocycles. The molecule has 0 aromatic carbocycles. The number of aromatic nitrogens is 3.